The number of nitrogens with zero attached hydrogens (tertiary/aromatic N) is 3. The molecule has 1 fully saturated rings. The Morgan fingerprint density at radius 1 is 1.31 bits per heavy atom. The topological polar surface area (TPSA) is 108 Å². The van der Waals surface area contributed by atoms with Gasteiger partial charge in [0.05, 0.1) is 26.0 Å². The number of carbonyl (C=O) groups excluding carboxylic acids is 1. The molecule has 1 atom stereocenters. The number of hydrogen-bond acceptors (Lipinski definition) is 7. The van der Waals surface area contributed by atoms with Crippen LogP contribution in [0.25, 0.3) is 11.5 Å². The summed E-state index contributed by atoms with van der Waals surface area (Å²) in [4.78, 5) is 28.6. The number of carbonyl (C=O) groups is 1. The average molecular weight is 396 g/mol. The van der Waals surface area contributed by atoms with Crippen molar-refractivity contribution in [3.8, 4) is 17.3 Å². The van der Waals surface area contributed by atoms with Crippen LogP contribution in [0.15, 0.2) is 58.1 Å². The highest BCUT2D eigenvalue weighted by atomic mass is 16.5. The Kier molecular flexibility index (Phi) is 5.66. The lowest BCUT2D eigenvalue weighted by molar-refractivity contribution is 0.0950. The summed E-state index contributed by atoms with van der Waals surface area (Å²) >= 11 is 0. The van der Waals surface area contributed by atoms with E-state index >= 15 is 0 Å². The molecule has 9 nitrogen and oxygen atoms in total. The number of furan rings is 1. The van der Waals surface area contributed by atoms with E-state index in [1.165, 1.54) is 16.9 Å². The average Bonchev–Trinajstić information content (AvgIpc) is 3.44. The molecule has 29 heavy (non-hydrogen) atoms. The number of rotatable bonds is 7. The number of amides is 1. The van der Waals surface area contributed by atoms with Crippen LogP contribution in [0.4, 0.5) is 0 Å². The Balaban J connectivity index is 1.35. The third-order valence-electron chi connectivity index (χ3n) is 4.42. The quantitative estimate of drug-likeness (QED) is 0.645. The summed E-state index contributed by atoms with van der Waals surface area (Å²) in [6.45, 7) is 1.66. The van der Waals surface area contributed by atoms with Crippen molar-refractivity contribution in [3.05, 3.63) is 64.8 Å². The van der Waals surface area contributed by atoms with E-state index in [1.807, 2.05) is 0 Å². The van der Waals surface area contributed by atoms with Gasteiger partial charge in [0.15, 0.2) is 5.76 Å². The van der Waals surface area contributed by atoms with Gasteiger partial charge in [-0.3, -0.25) is 9.59 Å². The highest BCUT2D eigenvalue weighted by Gasteiger charge is 2.18. The molecule has 150 valence electrons. The van der Waals surface area contributed by atoms with Crippen LogP contribution in [0, 0.1) is 0 Å². The van der Waals surface area contributed by atoms with Crippen molar-refractivity contribution in [1.82, 2.24) is 20.1 Å². The summed E-state index contributed by atoms with van der Waals surface area (Å²) in [5, 5.41) is 7.05. The maximum atomic E-state index is 12.4. The molecule has 0 radical (unpaired) electrons. The molecule has 1 saturated heterocycles. The minimum Gasteiger partial charge on any atom is -0.472 e. The van der Waals surface area contributed by atoms with Gasteiger partial charge in [0.2, 0.25) is 5.88 Å². The molecule has 9 heteroatoms. The zero-order valence-electron chi connectivity index (χ0n) is 15.6. The van der Waals surface area contributed by atoms with Crippen LogP contribution in [-0.4, -0.2) is 46.5 Å². The Labute approximate surface area is 166 Å². The second-order valence-electron chi connectivity index (χ2n) is 6.50. The Bertz CT molecular complexity index is 1030. The summed E-state index contributed by atoms with van der Waals surface area (Å²) in [5.41, 5.74) is 0.722. The lowest BCUT2D eigenvalue weighted by atomic mass is 10.2. The SMILES string of the molecule is O=C(NCCn1nc(-c2ccco2)ccc1=O)c1ccnc(O[C@@H]2CCOC2)c1. The molecule has 0 aliphatic carbocycles. The minimum atomic E-state index is -0.282. The van der Waals surface area contributed by atoms with Gasteiger partial charge in [-0.25, -0.2) is 9.67 Å². The number of hydrogen-bond donors (Lipinski definition) is 1. The lowest BCUT2D eigenvalue weighted by Crippen LogP contribution is -2.32. The highest BCUT2D eigenvalue weighted by molar-refractivity contribution is 5.94. The predicted octanol–water partition coefficient (Wildman–Crippen LogP) is 1.50. The van der Waals surface area contributed by atoms with Gasteiger partial charge in [0.25, 0.3) is 11.5 Å². The lowest BCUT2D eigenvalue weighted by Gasteiger charge is -2.12. The van der Waals surface area contributed by atoms with Crippen LogP contribution < -0.4 is 15.6 Å². The van der Waals surface area contributed by atoms with Crippen molar-refractivity contribution in [3.63, 3.8) is 0 Å². The van der Waals surface area contributed by atoms with Crippen molar-refractivity contribution in [2.75, 3.05) is 19.8 Å². The molecule has 4 heterocycles. The van der Waals surface area contributed by atoms with Crippen molar-refractivity contribution < 1.29 is 18.7 Å². The normalized spacial score (nSPS) is 15.9. The van der Waals surface area contributed by atoms with Gasteiger partial charge in [-0.05, 0) is 24.3 Å². The van der Waals surface area contributed by atoms with Gasteiger partial charge >= 0.3 is 0 Å². The molecule has 1 aliphatic rings. The van der Waals surface area contributed by atoms with Gasteiger partial charge in [-0.15, -0.1) is 0 Å². The number of aromatic nitrogens is 3. The molecule has 3 aromatic heterocycles. The standard InChI is InChI=1S/C20H20N4O5/c25-19-4-3-16(17-2-1-10-28-17)23-24(19)9-8-22-20(26)14-5-7-21-18(12-14)29-15-6-11-27-13-15/h1-5,7,10,12,15H,6,8-9,11,13H2,(H,22,26)/t15-/m1/s1. The van der Waals surface area contributed by atoms with Crippen LogP contribution >= 0.6 is 0 Å². The van der Waals surface area contributed by atoms with E-state index < -0.39 is 0 Å². The Morgan fingerprint density at radius 2 is 2.24 bits per heavy atom. The molecule has 0 aromatic carbocycles. The fourth-order valence-electron chi connectivity index (χ4n) is 2.93. The maximum absolute atomic E-state index is 12.4. The van der Waals surface area contributed by atoms with Gasteiger partial charge in [-0.1, -0.05) is 0 Å². The summed E-state index contributed by atoms with van der Waals surface area (Å²) < 4.78 is 17.6. The van der Waals surface area contributed by atoms with Gasteiger partial charge < -0.3 is 19.2 Å². The van der Waals surface area contributed by atoms with Crippen molar-refractivity contribution in [1.29, 1.82) is 0 Å². The van der Waals surface area contributed by atoms with Crippen LogP contribution in [0.3, 0.4) is 0 Å². The molecular weight excluding hydrogens is 376 g/mol. The zero-order valence-corrected chi connectivity index (χ0v) is 15.6. The molecule has 1 amide bonds. The van der Waals surface area contributed by atoms with Crippen molar-refractivity contribution in [2.24, 2.45) is 0 Å². The van der Waals surface area contributed by atoms with Gasteiger partial charge in [-0.2, -0.15) is 5.10 Å². The van der Waals surface area contributed by atoms with Crippen LogP contribution in [0.2, 0.25) is 0 Å². The number of pyridine rings is 1. The van der Waals surface area contributed by atoms with Crippen LogP contribution in [0.1, 0.15) is 16.8 Å². The minimum absolute atomic E-state index is 0.0415. The highest BCUT2D eigenvalue weighted by Crippen LogP contribution is 2.16. The van der Waals surface area contributed by atoms with E-state index in [4.69, 9.17) is 13.9 Å². The summed E-state index contributed by atoms with van der Waals surface area (Å²) in [6, 6.07) is 9.74. The number of ether oxygens (including phenoxy) is 2. The largest absolute Gasteiger partial charge is 0.472 e. The molecule has 0 saturated carbocycles. The fourth-order valence-corrected chi connectivity index (χ4v) is 2.93. The van der Waals surface area contributed by atoms with Crippen molar-refractivity contribution in [2.45, 2.75) is 19.1 Å². The molecular formula is C20H20N4O5. The zero-order chi connectivity index (χ0) is 20.1. The first kappa shape index (κ1) is 18.9. The van der Waals surface area contributed by atoms with Crippen LogP contribution in [-0.2, 0) is 11.3 Å². The molecule has 0 bridgehead atoms. The van der Waals surface area contributed by atoms with E-state index in [0.29, 0.717) is 36.1 Å². The first-order chi connectivity index (χ1) is 14.2. The fraction of sp³-hybridized carbons (Fsp3) is 0.300. The third-order valence-corrected chi connectivity index (χ3v) is 4.42. The molecule has 1 aliphatic heterocycles. The molecule has 0 spiro atoms. The Hall–Kier alpha value is -3.46. The van der Waals surface area contributed by atoms with E-state index in [2.05, 4.69) is 15.4 Å². The Morgan fingerprint density at radius 3 is 3.03 bits per heavy atom. The number of nitrogens with one attached hydrogen (secondary N) is 1. The summed E-state index contributed by atoms with van der Waals surface area (Å²) in [6.07, 6.45) is 3.83. The van der Waals surface area contributed by atoms with E-state index in [9.17, 15) is 9.59 Å². The molecule has 1 N–H and O–H groups in total. The van der Waals surface area contributed by atoms with E-state index in [0.717, 1.165) is 6.42 Å². The third kappa shape index (κ3) is 4.69. The summed E-state index contributed by atoms with van der Waals surface area (Å²) in [5.74, 6) is 0.673. The predicted molar refractivity (Wildman–Crippen MR) is 103 cm³/mol. The van der Waals surface area contributed by atoms with Gasteiger partial charge in [0.1, 0.15) is 11.8 Å². The molecule has 0 unspecified atom stereocenters. The maximum Gasteiger partial charge on any atom is 0.266 e. The monoisotopic (exact) mass is 396 g/mol. The molecule has 3 aromatic rings. The van der Waals surface area contributed by atoms with E-state index in [-0.39, 0.29) is 30.7 Å². The van der Waals surface area contributed by atoms with Gasteiger partial charge in [0, 0.05) is 36.9 Å². The first-order valence-corrected chi connectivity index (χ1v) is 9.30. The summed E-state index contributed by atoms with van der Waals surface area (Å²) in [7, 11) is 0. The smallest absolute Gasteiger partial charge is 0.266 e. The second-order valence-corrected chi connectivity index (χ2v) is 6.50. The van der Waals surface area contributed by atoms with Crippen molar-refractivity contribution >= 4 is 5.91 Å². The molecule has 4 rings (SSSR count). The first-order valence-electron chi connectivity index (χ1n) is 9.30. The van der Waals surface area contributed by atoms with E-state index in [1.54, 1.807) is 36.6 Å². The van der Waals surface area contributed by atoms with Crippen LogP contribution in [0.5, 0.6) is 5.88 Å². The second kappa shape index (κ2) is 8.70.